The molecule has 0 aliphatic rings. The van der Waals surface area contributed by atoms with Gasteiger partial charge in [0.15, 0.2) is 5.96 Å². The molecular weight excluding hydrogens is 433 g/mol. The van der Waals surface area contributed by atoms with Crippen LogP contribution in [0.5, 0.6) is 0 Å². The van der Waals surface area contributed by atoms with Crippen molar-refractivity contribution in [3.8, 4) is 0 Å². The molecule has 0 saturated carbocycles. The Labute approximate surface area is 154 Å². The lowest BCUT2D eigenvalue weighted by Gasteiger charge is -2.12. The van der Waals surface area contributed by atoms with Crippen LogP contribution in [0.4, 0.5) is 0 Å². The van der Waals surface area contributed by atoms with Gasteiger partial charge in [0.2, 0.25) is 10.0 Å². The van der Waals surface area contributed by atoms with Crippen molar-refractivity contribution in [1.29, 1.82) is 0 Å². The third kappa shape index (κ3) is 9.71. The minimum atomic E-state index is -3.11. The Bertz CT molecular complexity index is 574. The molecular formula is C12H26IN7O2S. The van der Waals surface area contributed by atoms with Crippen molar-refractivity contribution in [1.82, 2.24) is 30.1 Å². The summed E-state index contributed by atoms with van der Waals surface area (Å²) in [6.07, 6.45) is 4.39. The van der Waals surface area contributed by atoms with E-state index in [1.807, 2.05) is 11.5 Å². The molecule has 1 aromatic rings. The van der Waals surface area contributed by atoms with Crippen LogP contribution in [0.3, 0.4) is 0 Å². The van der Waals surface area contributed by atoms with Crippen molar-refractivity contribution in [3.05, 3.63) is 12.2 Å². The zero-order valence-corrected chi connectivity index (χ0v) is 16.9. The highest BCUT2D eigenvalue weighted by Crippen LogP contribution is 1.94. The topological polar surface area (TPSA) is 113 Å². The Morgan fingerprint density at radius 2 is 2.00 bits per heavy atom. The summed E-state index contributed by atoms with van der Waals surface area (Å²) in [7, 11) is -1.42. The summed E-state index contributed by atoms with van der Waals surface area (Å²) in [5.41, 5.74) is 0. The van der Waals surface area contributed by atoms with E-state index in [1.165, 1.54) is 0 Å². The van der Waals surface area contributed by atoms with Crippen molar-refractivity contribution in [2.24, 2.45) is 4.99 Å². The third-order valence-electron chi connectivity index (χ3n) is 2.89. The van der Waals surface area contributed by atoms with E-state index in [4.69, 9.17) is 0 Å². The highest BCUT2D eigenvalue weighted by atomic mass is 127. The summed E-state index contributed by atoms with van der Waals surface area (Å²) < 4.78 is 26.3. The predicted molar refractivity (Wildman–Crippen MR) is 102 cm³/mol. The minimum Gasteiger partial charge on any atom is -0.356 e. The minimum absolute atomic E-state index is 0. The number of aromatic nitrogens is 3. The highest BCUT2D eigenvalue weighted by molar-refractivity contribution is 14.0. The number of hydrogen-bond acceptors (Lipinski definition) is 5. The maximum absolute atomic E-state index is 10.9. The van der Waals surface area contributed by atoms with E-state index in [0.29, 0.717) is 32.0 Å². The Balaban J connectivity index is 0.00000484. The molecule has 0 radical (unpaired) electrons. The van der Waals surface area contributed by atoms with Gasteiger partial charge in [-0.2, -0.15) is 0 Å². The average molecular weight is 459 g/mol. The van der Waals surface area contributed by atoms with Gasteiger partial charge in [-0.3, -0.25) is 4.99 Å². The lowest BCUT2D eigenvalue weighted by molar-refractivity contribution is 0.584. The summed E-state index contributed by atoms with van der Waals surface area (Å²) in [6, 6.07) is 0. The highest BCUT2D eigenvalue weighted by Gasteiger charge is 2.02. The molecule has 0 fully saturated rings. The maximum Gasteiger partial charge on any atom is 0.208 e. The Kier molecular flexibility index (Phi) is 11.1. The summed E-state index contributed by atoms with van der Waals surface area (Å²) >= 11 is 0. The zero-order chi connectivity index (χ0) is 16.4. The first-order valence-corrected chi connectivity index (χ1v) is 9.11. The fraction of sp³-hybridized carbons (Fsp3) is 0.750. The Hall–Kier alpha value is -0.950. The van der Waals surface area contributed by atoms with Gasteiger partial charge < -0.3 is 15.2 Å². The smallest absolute Gasteiger partial charge is 0.208 e. The van der Waals surface area contributed by atoms with Crippen LogP contribution < -0.4 is 15.4 Å². The molecule has 0 saturated heterocycles. The summed E-state index contributed by atoms with van der Waals surface area (Å²) in [4.78, 5) is 4.11. The van der Waals surface area contributed by atoms with Gasteiger partial charge in [0.25, 0.3) is 0 Å². The molecule has 11 heteroatoms. The number of nitrogens with zero attached hydrogens (tertiary/aromatic N) is 4. The molecule has 0 aromatic carbocycles. The normalized spacial score (nSPS) is 11.9. The van der Waals surface area contributed by atoms with Crippen molar-refractivity contribution in [2.45, 2.75) is 26.3 Å². The Morgan fingerprint density at radius 1 is 1.30 bits per heavy atom. The lowest BCUT2D eigenvalue weighted by Crippen LogP contribution is -2.40. The van der Waals surface area contributed by atoms with Gasteiger partial charge in [0.1, 0.15) is 12.2 Å². The molecule has 1 aromatic heterocycles. The van der Waals surface area contributed by atoms with Gasteiger partial charge in [-0.1, -0.05) is 6.92 Å². The summed E-state index contributed by atoms with van der Waals surface area (Å²) in [5.74, 6) is 1.64. The van der Waals surface area contributed by atoms with Crippen LogP contribution in [0.15, 0.2) is 11.3 Å². The molecule has 0 spiro atoms. The van der Waals surface area contributed by atoms with Gasteiger partial charge in [-0.15, -0.1) is 34.2 Å². The molecule has 134 valence electrons. The van der Waals surface area contributed by atoms with Gasteiger partial charge in [-0.05, 0) is 6.42 Å². The quantitative estimate of drug-likeness (QED) is 0.200. The molecule has 23 heavy (non-hydrogen) atoms. The van der Waals surface area contributed by atoms with Gasteiger partial charge in [-0.25, -0.2) is 13.1 Å². The third-order valence-corrected chi connectivity index (χ3v) is 3.62. The van der Waals surface area contributed by atoms with Crippen LogP contribution in [-0.2, 0) is 23.0 Å². The van der Waals surface area contributed by atoms with Crippen molar-refractivity contribution >= 4 is 40.0 Å². The van der Waals surface area contributed by atoms with Crippen molar-refractivity contribution < 1.29 is 8.42 Å². The number of aryl methyl sites for hydroxylation is 1. The van der Waals surface area contributed by atoms with E-state index in [0.717, 1.165) is 25.0 Å². The molecule has 1 rings (SSSR count). The first-order valence-electron chi connectivity index (χ1n) is 7.22. The molecule has 9 nitrogen and oxygen atoms in total. The largest absolute Gasteiger partial charge is 0.356 e. The first-order chi connectivity index (χ1) is 10.5. The van der Waals surface area contributed by atoms with E-state index >= 15 is 0 Å². The second-order valence-corrected chi connectivity index (χ2v) is 6.57. The van der Waals surface area contributed by atoms with E-state index in [9.17, 15) is 8.42 Å². The summed E-state index contributed by atoms with van der Waals surface area (Å²) in [5, 5.41) is 14.2. The number of rotatable bonds is 9. The van der Waals surface area contributed by atoms with Crippen molar-refractivity contribution in [2.75, 3.05) is 32.9 Å². The molecule has 0 atom stereocenters. The van der Waals surface area contributed by atoms with E-state index in [-0.39, 0.29) is 24.0 Å². The summed E-state index contributed by atoms with van der Waals surface area (Å²) in [6.45, 7) is 4.54. The number of guanidine groups is 1. The van der Waals surface area contributed by atoms with Gasteiger partial charge in [0.05, 0.1) is 6.26 Å². The standard InChI is InChI=1S/C12H25N7O2S.HI/c1-4-11-18-16-10-19(11)9-8-15-12(13-2)14-6-5-7-17-22(3,20)21;/h10,17H,4-9H2,1-3H3,(H2,13,14,15);1H. The second kappa shape index (κ2) is 11.6. The second-order valence-electron chi connectivity index (χ2n) is 4.74. The van der Waals surface area contributed by atoms with Gasteiger partial charge >= 0.3 is 0 Å². The average Bonchev–Trinajstić information content (AvgIpc) is 2.91. The maximum atomic E-state index is 10.9. The van der Waals surface area contributed by atoms with Crippen LogP contribution >= 0.6 is 24.0 Å². The van der Waals surface area contributed by atoms with E-state index < -0.39 is 10.0 Å². The number of hydrogen-bond donors (Lipinski definition) is 3. The van der Waals surface area contributed by atoms with Crippen LogP contribution in [-0.4, -0.2) is 62.1 Å². The van der Waals surface area contributed by atoms with Crippen molar-refractivity contribution in [3.63, 3.8) is 0 Å². The molecule has 0 aliphatic heterocycles. The predicted octanol–water partition coefficient (Wildman–Crippen LogP) is -0.437. The van der Waals surface area contributed by atoms with E-state index in [2.05, 4.69) is 30.5 Å². The fourth-order valence-corrected chi connectivity index (χ4v) is 2.32. The molecule has 0 aliphatic carbocycles. The van der Waals surface area contributed by atoms with Crippen LogP contribution in [0, 0.1) is 0 Å². The molecule has 0 bridgehead atoms. The number of aliphatic imine (C=N–C) groups is 1. The van der Waals surface area contributed by atoms with E-state index in [1.54, 1.807) is 13.4 Å². The zero-order valence-electron chi connectivity index (χ0n) is 13.7. The first kappa shape index (κ1) is 22.1. The monoisotopic (exact) mass is 459 g/mol. The molecule has 3 N–H and O–H groups in total. The molecule has 1 heterocycles. The molecule has 0 amide bonds. The number of sulfonamides is 1. The number of nitrogens with one attached hydrogen (secondary N) is 3. The van der Waals surface area contributed by atoms with Crippen LogP contribution in [0.25, 0.3) is 0 Å². The SMILES string of the molecule is CCc1nncn1CCNC(=NC)NCCCNS(C)(=O)=O.I. The lowest BCUT2D eigenvalue weighted by atomic mass is 10.4. The Morgan fingerprint density at radius 3 is 2.61 bits per heavy atom. The number of halogens is 1. The van der Waals surface area contributed by atoms with Gasteiger partial charge in [0, 0.05) is 39.6 Å². The molecule has 0 unspecified atom stereocenters. The fourth-order valence-electron chi connectivity index (χ4n) is 1.81. The van der Waals surface area contributed by atoms with Crippen LogP contribution in [0.1, 0.15) is 19.2 Å². The van der Waals surface area contributed by atoms with Crippen LogP contribution in [0.2, 0.25) is 0 Å².